The lowest BCUT2D eigenvalue weighted by atomic mass is 10.1. The molecule has 0 aliphatic carbocycles. The van der Waals surface area contributed by atoms with Gasteiger partial charge in [0.25, 0.3) is 0 Å². The van der Waals surface area contributed by atoms with E-state index >= 15 is 0 Å². The Morgan fingerprint density at radius 3 is 2.59 bits per heavy atom. The standard InChI is InChI=1S/C14H22N4O2.2ClH/c1-11(9-15-2)14(19)17-12-3-4-13(16-10-12)18-5-7-20-8-6-18;;/h3-4,10-11,15H,5-9H2,1-2H3,(H,17,19);2*1H. The molecule has 2 heterocycles. The minimum absolute atomic E-state index is 0. The summed E-state index contributed by atoms with van der Waals surface area (Å²) in [5.74, 6) is 0.855. The predicted octanol–water partition coefficient (Wildman–Crippen LogP) is 1.56. The van der Waals surface area contributed by atoms with E-state index in [0.29, 0.717) is 6.54 Å². The molecule has 8 heteroatoms. The van der Waals surface area contributed by atoms with Crippen LogP contribution < -0.4 is 15.5 Å². The van der Waals surface area contributed by atoms with Gasteiger partial charge < -0.3 is 20.3 Å². The van der Waals surface area contributed by atoms with E-state index < -0.39 is 0 Å². The summed E-state index contributed by atoms with van der Waals surface area (Å²) in [6.45, 7) is 5.74. The number of carbonyl (C=O) groups excluding carboxylic acids is 1. The Hall–Kier alpha value is -1.08. The van der Waals surface area contributed by atoms with Gasteiger partial charge in [0.2, 0.25) is 5.91 Å². The fraction of sp³-hybridized carbons (Fsp3) is 0.571. The summed E-state index contributed by atoms with van der Waals surface area (Å²) >= 11 is 0. The zero-order valence-electron chi connectivity index (χ0n) is 12.9. The number of amides is 1. The summed E-state index contributed by atoms with van der Waals surface area (Å²) in [4.78, 5) is 18.5. The van der Waals surface area contributed by atoms with E-state index in [-0.39, 0.29) is 36.6 Å². The van der Waals surface area contributed by atoms with Gasteiger partial charge in [-0.1, -0.05) is 6.92 Å². The average molecular weight is 351 g/mol. The zero-order chi connectivity index (χ0) is 14.4. The van der Waals surface area contributed by atoms with Crippen LogP contribution in [0.1, 0.15) is 6.92 Å². The first-order chi connectivity index (χ1) is 9.70. The monoisotopic (exact) mass is 350 g/mol. The molecular weight excluding hydrogens is 327 g/mol. The summed E-state index contributed by atoms with van der Waals surface area (Å²) in [6, 6.07) is 3.82. The molecule has 1 fully saturated rings. The number of carbonyl (C=O) groups is 1. The third-order valence-electron chi connectivity index (χ3n) is 3.31. The molecule has 1 atom stereocenters. The van der Waals surface area contributed by atoms with Crippen LogP contribution in [0, 0.1) is 5.92 Å². The van der Waals surface area contributed by atoms with E-state index in [1.165, 1.54) is 0 Å². The van der Waals surface area contributed by atoms with Gasteiger partial charge in [-0.05, 0) is 19.2 Å². The Kier molecular flexibility index (Phi) is 10.1. The molecule has 1 aromatic heterocycles. The first kappa shape index (κ1) is 20.9. The van der Waals surface area contributed by atoms with E-state index in [1.807, 2.05) is 26.1 Å². The van der Waals surface area contributed by atoms with Crippen LogP contribution in [-0.4, -0.2) is 50.8 Å². The number of nitrogens with one attached hydrogen (secondary N) is 2. The van der Waals surface area contributed by atoms with Crippen LogP contribution in [0.5, 0.6) is 0 Å². The van der Waals surface area contributed by atoms with Crippen molar-refractivity contribution in [2.75, 3.05) is 50.1 Å². The van der Waals surface area contributed by atoms with Crippen LogP contribution in [0.15, 0.2) is 18.3 Å². The maximum absolute atomic E-state index is 11.9. The molecule has 0 radical (unpaired) electrons. The Labute approximate surface area is 143 Å². The summed E-state index contributed by atoms with van der Waals surface area (Å²) < 4.78 is 5.31. The van der Waals surface area contributed by atoms with Gasteiger partial charge in [-0.2, -0.15) is 0 Å². The Morgan fingerprint density at radius 2 is 2.05 bits per heavy atom. The lowest BCUT2D eigenvalue weighted by molar-refractivity contribution is -0.119. The van der Waals surface area contributed by atoms with Crippen molar-refractivity contribution in [1.82, 2.24) is 10.3 Å². The van der Waals surface area contributed by atoms with Gasteiger partial charge in [0.1, 0.15) is 5.82 Å². The van der Waals surface area contributed by atoms with Gasteiger partial charge in [-0.15, -0.1) is 24.8 Å². The van der Waals surface area contributed by atoms with Crippen LogP contribution >= 0.6 is 24.8 Å². The highest BCUT2D eigenvalue weighted by Crippen LogP contribution is 2.15. The molecule has 1 aliphatic heterocycles. The molecule has 126 valence electrons. The predicted molar refractivity (Wildman–Crippen MR) is 93.5 cm³/mol. The van der Waals surface area contributed by atoms with Gasteiger partial charge >= 0.3 is 0 Å². The van der Waals surface area contributed by atoms with Crippen LogP contribution in [0.3, 0.4) is 0 Å². The minimum Gasteiger partial charge on any atom is -0.378 e. The van der Waals surface area contributed by atoms with Gasteiger partial charge in [-0.3, -0.25) is 4.79 Å². The van der Waals surface area contributed by atoms with Crippen molar-refractivity contribution in [3.05, 3.63) is 18.3 Å². The first-order valence-electron chi connectivity index (χ1n) is 6.95. The van der Waals surface area contributed by atoms with E-state index in [9.17, 15) is 4.79 Å². The number of nitrogens with zero attached hydrogens (tertiary/aromatic N) is 2. The van der Waals surface area contributed by atoms with Crippen molar-refractivity contribution in [2.24, 2.45) is 5.92 Å². The Balaban J connectivity index is 0.00000220. The van der Waals surface area contributed by atoms with E-state index in [4.69, 9.17) is 4.74 Å². The van der Waals surface area contributed by atoms with Crippen molar-refractivity contribution >= 4 is 42.2 Å². The molecule has 1 saturated heterocycles. The normalized spacial score (nSPS) is 15.3. The van der Waals surface area contributed by atoms with E-state index in [2.05, 4.69) is 20.5 Å². The number of hydrogen-bond donors (Lipinski definition) is 2. The second-order valence-electron chi connectivity index (χ2n) is 4.95. The third-order valence-corrected chi connectivity index (χ3v) is 3.31. The van der Waals surface area contributed by atoms with E-state index in [0.717, 1.165) is 37.8 Å². The SMILES string of the molecule is CNCC(C)C(=O)Nc1ccc(N2CCOCC2)nc1.Cl.Cl. The minimum atomic E-state index is -0.0704. The first-order valence-corrected chi connectivity index (χ1v) is 6.95. The van der Waals surface area contributed by atoms with Crippen LogP contribution in [-0.2, 0) is 9.53 Å². The van der Waals surface area contributed by atoms with Crippen molar-refractivity contribution in [3.63, 3.8) is 0 Å². The van der Waals surface area contributed by atoms with Crippen molar-refractivity contribution in [1.29, 1.82) is 0 Å². The van der Waals surface area contributed by atoms with Crippen molar-refractivity contribution < 1.29 is 9.53 Å². The topological polar surface area (TPSA) is 66.5 Å². The highest BCUT2D eigenvalue weighted by atomic mass is 35.5. The molecule has 1 aromatic rings. The number of halogens is 2. The number of aromatic nitrogens is 1. The van der Waals surface area contributed by atoms with Crippen molar-refractivity contribution in [3.8, 4) is 0 Å². The number of ether oxygens (including phenoxy) is 1. The number of anilines is 2. The number of rotatable bonds is 5. The van der Waals surface area contributed by atoms with Gasteiger partial charge in [-0.25, -0.2) is 4.98 Å². The summed E-state index contributed by atoms with van der Waals surface area (Å²) in [6.07, 6.45) is 1.70. The molecule has 0 saturated carbocycles. The zero-order valence-corrected chi connectivity index (χ0v) is 14.5. The lowest BCUT2D eigenvalue weighted by Gasteiger charge is -2.27. The average Bonchev–Trinajstić information content (AvgIpc) is 2.49. The number of pyridine rings is 1. The smallest absolute Gasteiger partial charge is 0.228 e. The largest absolute Gasteiger partial charge is 0.378 e. The van der Waals surface area contributed by atoms with Gasteiger partial charge in [0.15, 0.2) is 0 Å². The fourth-order valence-electron chi connectivity index (χ4n) is 2.10. The number of hydrogen-bond acceptors (Lipinski definition) is 5. The molecule has 1 unspecified atom stereocenters. The second-order valence-corrected chi connectivity index (χ2v) is 4.95. The highest BCUT2D eigenvalue weighted by Gasteiger charge is 2.14. The Morgan fingerprint density at radius 1 is 1.36 bits per heavy atom. The van der Waals surface area contributed by atoms with Crippen LogP contribution in [0.2, 0.25) is 0 Å². The van der Waals surface area contributed by atoms with E-state index in [1.54, 1.807) is 6.20 Å². The van der Waals surface area contributed by atoms with Crippen LogP contribution in [0.4, 0.5) is 11.5 Å². The molecular formula is C14H24Cl2N4O2. The summed E-state index contributed by atoms with van der Waals surface area (Å²) in [7, 11) is 1.84. The molecule has 2 N–H and O–H groups in total. The fourth-order valence-corrected chi connectivity index (χ4v) is 2.10. The van der Waals surface area contributed by atoms with Crippen molar-refractivity contribution in [2.45, 2.75) is 6.92 Å². The summed E-state index contributed by atoms with van der Waals surface area (Å²) in [5.41, 5.74) is 0.731. The molecule has 0 spiro atoms. The molecule has 6 nitrogen and oxygen atoms in total. The lowest BCUT2D eigenvalue weighted by Crippen LogP contribution is -2.36. The molecule has 1 amide bonds. The molecule has 0 aromatic carbocycles. The van der Waals surface area contributed by atoms with Crippen LogP contribution in [0.25, 0.3) is 0 Å². The molecule has 2 rings (SSSR count). The third kappa shape index (κ3) is 5.96. The second kappa shape index (κ2) is 10.6. The maximum atomic E-state index is 11.9. The van der Waals surface area contributed by atoms with Gasteiger partial charge in [0, 0.05) is 25.6 Å². The summed E-state index contributed by atoms with van der Waals surface area (Å²) in [5, 5.41) is 5.86. The molecule has 0 bridgehead atoms. The van der Waals surface area contributed by atoms with Gasteiger partial charge in [0.05, 0.1) is 25.1 Å². The Bertz CT molecular complexity index is 439. The molecule has 22 heavy (non-hydrogen) atoms. The molecule has 1 aliphatic rings. The maximum Gasteiger partial charge on any atom is 0.228 e. The number of morpholine rings is 1. The quantitative estimate of drug-likeness (QED) is 0.843. The highest BCUT2D eigenvalue weighted by molar-refractivity contribution is 5.92.